The lowest BCUT2D eigenvalue weighted by Crippen LogP contribution is -2.43. The van der Waals surface area contributed by atoms with Gasteiger partial charge in [-0.3, -0.25) is 9.78 Å². The second-order valence-corrected chi connectivity index (χ2v) is 7.80. The summed E-state index contributed by atoms with van der Waals surface area (Å²) in [4.78, 5) is 19.3. The lowest BCUT2D eigenvalue weighted by Gasteiger charge is -2.30. The van der Waals surface area contributed by atoms with Crippen LogP contribution >= 0.6 is 11.3 Å². The molecule has 146 valence electrons. The summed E-state index contributed by atoms with van der Waals surface area (Å²) >= 11 is 1.67. The zero-order valence-electron chi connectivity index (χ0n) is 15.7. The van der Waals surface area contributed by atoms with Crippen molar-refractivity contribution in [3.63, 3.8) is 0 Å². The maximum Gasteiger partial charge on any atom is 0.291 e. The number of benzene rings is 1. The number of pyridine rings is 1. The van der Waals surface area contributed by atoms with E-state index < -0.39 is 0 Å². The summed E-state index contributed by atoms with van der Waals surface area (Å²) in [7, 11) is 0. The van der Waals surface area contributed by atoms with Gasteiger partial charge >= 0.3 is 0 Å². The number of fused-ring (bicyclic) bond motifs is 1. The van der Waals surface area contributed by atoms with Gasteiger partial charge in [0, 0.05) is 53.4 Å². The van der Waals surface area contributed by atoms with Crippen molar-refractivity contribution < 1.29 is 9.21 Å². The van der Waals surface area contributed by atoms with E-state index in [0.717, 1.165) is 42.8 Å². The number of hydrogen-bond donors (Lipinski definition) is 2. The smallest absolute Gasteiger partial charge is 0.291 e. The number of thiophene rings is 1. The third-order valence-electron chi connectivity index (χ3n) is 5.08. The molecule has 0 saturated carbocycles. The summed E-state index contributed by atoms with van der Waals surface area (Å²) < 4.78 is 7.10. The Hall–Kier alpha value is -3.16. The number of anilines is 2. The Labute approximate surface area is 172 Å². The maximum absolute atomic E-state index is 12.8. The lowest BCUT2D eigenvalue weighted by atomic mass is 10.1. The zero-order chi connectivity index (χ0) is 19.6. The molecule has 29 heavy (non-hydrogen) atoms. The molecule has 6 nitrogen and oxygen atoms in total. The van der Waals surface area contributed by atoms with E-state index in [2.05, 4.69) is 38.0 Å². The van der Waals surface area contributed by atoms with Crippen molar-refractivity contribution in [2.75, 3.05) is 36.4 Å². The van der Waals surface area contributed by atoms with Crippen molar-refractivity contribution in [2.24, 2.45) is 0 Å². The molecular formula is C22H20N4O2S. The van der Waals surface area contributed by atoms with Crippen molar-refractivity contribution in [3.8, 4) is 11.3 Å². The van der Waals surface area contributed by atoms with E-state index in [1.54, 1.807) is 29.8 Å². The van der Waals surface area contributed by atoms with E-state index in [0.29, 0.717) is 11.4 Å². The molecule has 0 unspecified atom stereocenters. The maximum atomic E-state index is 12.8. The van der Waals surface area contributed by atoms with Gasteiger partial charge in [-0.2, -0.15) is 0 Å². The van der Waals surface area contributed by atoms with Crippen molar-refractivity contribution in [2.45, 2.75) is 0 Å². The van der Waals surface area contributed by atoms with Gasteiger partial charge in [0.05, 0.1) is 17.6 Å². The van der Waals surface area contributed by atoms with E-state index in [4.69, 9.17) is 4.42 Å². The minimum absolute atomic E-state index is 0.278. The van der Waals surface area contributed by atoms with Crippen LogP contribution < -0.4 is 15.5 Å². The van der Waals surface area contributed by atoms with E-state index in [9.17, 15) is 4.79 Å². The first-order valence-electron chi connectivity index (χ1n) is 9.57. The Morgan fingerprint density at radius 3 is 2.90 bits per heavy atom. The third-order valence-corrected chi connectivity index (χ3v) is 6.04. The van der Waals surface area contributed by atoms with Crippen LogP contribution in [0.25, 0.3) is 21.4 Å². The highest BCUT2D eigenvalue weighted by atomic mass is 32.1. The molecule has 0 spiro atoms. The van der Waals surface area contributed by atoms with Gasteiger partial charge in [0.1, 0.15) is 5.76 Å². The number of hydrogen-bond acceptors (Lipinski definition) is 6. The first kappa shape index (κ1) is 17.9. The topological polar surface area (TPSA) is 70.4 Å². The van der Waals surface area contributed by atoms with Crippen molar-refractivity contribution in [1.29, 1.82) is 0 Å². The molecule has 1 fully saturated rings. The van der Waals surface area contributed by atoms with E-state index in [1.165, 1.54) is 4.70 Å². The van der Waals surface area contributed by atoms with Crippen molar-refractivity contribution in [1.82, 2.24) is 10.3 Å². The van der Waals surface area contributed by atoms with E-state index in [1.807, 2.05) is 24.3 Å². The molecule has 0 radical (unpaired) electrons. The first-order chi connectivity index (χ1) is 14.3. The molecule has 5 rings (SSSR count). The summed E-state index contributed by atoms with van der Waals surface area (Å²) in [6.07, 6.45) is 3.44. The monoisotopic (exact) mass is 404 g/mol. The van der Waals surface area contributed by atoms with Gasteiger partial charge in [-0.05, 0) is 24.3 Å². The van der Waals surface area contributed by atoms with Crippen LogP contribution in [0.3, 0.4) is 0 Å². The minimum atomic E-state index is -0.278. The Morgan fingerprint density at radius 1 is 1.14 bits per heavy atom. The Kier molecular flexibility index (Phi) is 4.75. The lowest BCUT2D eigenvalue weighted by molar-refractivity contribution is 0.0997. The van der Waals surface area contributed by atoms with Crippen LogP contribution in [0, 0.1) is 0 Å². The van der Waals surface area contributed by atoms with E-state index in [-0.39, 0.29) is 11.7 Å². The van der Waals surface area contributed by atoms with Crippen LogP contribution in [0.5, 0.6) is 0 Å². The minimum Gasteiger partial charge on any atom is -0.451 e. The van der Waals surface area contributed by atoms with Gasteiger partial charge in [-0.15, -0.1) is 11.3 Å². The summed E-state index contributed by atoms with van der Waals surface area (Å²) in [5.74, 6) is 0.701. The van der Waals surface area contributed by atoms with Gasteiger partial charge in [0.15, 0.2) is 5.76 Å². The van der Waals surface area contributed by atoms with Crippen LogP contribution in [-0.4, -0.2) is 37.1 Å². The highest BCUT2D eigenvalue weighted by Gasteiger charge is 2.19. The zero-order valence-corrected chi connectivity index (χ0v) is 16.5. The molecule has 1 aliphatic rings. The van der Waals surface area contributed by atoms with Gasteiger partial charge < -0.3 is 20.0 Å². The van der Waals surface area contributed by atoms with Gasteiger partial charge in [0.2, 0.25) is 0 Å². The Bertz CT molecular complexity index is 1160. The standard InChI is InChI=1S/C22H20N4O2S/c27-22(25-17-13-24-8-7-18(17)26-11-9-23-10-12-26)20-6-5-19(28-20)16-14-29-21-4-2-1-3-15(16)21/h1-8,13-14,23H,9-12H2,(H,25,27). The summed E-state index contributed by atoms with van der Waals surface area (Å²) in [5.41, 5.74) is 2.68. The predicted molar refractivity (Wildman–Crippen MR) is 117 cm³/mol. The fourth-order valence-corrected chi connectivity index (χ4v) is 4.57. The molecule has 1 aromatic carbocycles. The second-order valence-electron chi connectivity index (χ2n) is 6.89. The van der Waals surface area contributed by atoms with Crippen LogP contribution in [0.1, 0.15) is 10.6 Å². The SMILES string of the molecule is O=C(Nc1cnccc1N1CCNCC1)c1ccc(-c2csc3ccccc23)o1. The van der Waals surface area contributed by atoms with Gasteiger partial charge in [-0.1, -0.05) is 18.2 Å². The molecule has 0 aliphatic carbocycles. The number of amides is 1. The highest BCUT2D eigenvalue weighted by Crippen LogP contribution is 2.35. The third kappa shape index (κ3) is 3.50. The Morgan fingerprint density at radius 2 is 2.00 bits per heavy atom. The van der Waals surface area contributed by atoms with Crippen molar-refractivity contribution in [3.05, 3.63) is 66.0 Å². The fraction of sp³-hybridized carbons (Fsp3) is 0.182. The molecule has 0 atom stereocenters. The van der Waals surface area contributed by atoms with Crippen LogP contribution in [0.15, 0.2) is 64.7 Å². The number of aromatic nitrogens is 1. The summed E-state index contributed by atoms with van der Waals surface area (Å²) in [5, 5.41) is 9.50. The van der Waals surface area contributed by atoms with Crippen LogP contribution in [-0.2, 0) is 0 Å². The molecule has 1 saturated heterocycles. The Balaban J connectivity index is 1.39. The molecule has 4 aromatic rings. The number of nitrogens with one attached hydrogen (secondary N) is 2. The molecular weight excluding hydrogens is 384 g/mol. The first-order valence-corrected chi connectivity index (χ1v) is 10.4. The van der Waals surface area contributed by atoms with Gasteiger partial charge in [-0.25, -0.2) is 0 Å². The molecule has 4 heterocycles. The molecule has 2 N–H and O–H groups in total. The number of nitrogens with zero attached hydrogens (tertiary/aromatic N) is 2. The molecule has 0 bridgehead atoms. The highest BCUT2D eigenvalue weighted by molar-refractivity contribution is 7.17. The summed E-state index contributed by atoms with van der Waals surface area (Å²) in [6, 6.07) is 13.7. The van der Waals surface area contributed by atoms with Crippen LogP contribution in [0.4, 0.5) is 11.4 Å². The number of carbonyl (C=O) groups is 1. The van der Waals surface area contributed by atoms with E-state index >= 15 is 0 Å². The molecule has 3 aromatic heterocycles. The number of furan rings is 1. The fourth-order valence-electron chi connectivity index (χ4n) is 3.62. The van der Waals surface area contributed by atoms with Crippen molar-refractivity contribution >= 4 is 38.7 Å². The number of carbonyl (C=O) groups excluding carboxylic acids is 1. The normalized spacial score (nSPS) is 14.3. The van der Waals surface area contributed by atoms with Crippen LogP contribution in [0.2, 0.25) is 0 Å². The molecule has 1 amide bonds. The molecule has 7 heteroatoms. The predicted octanol–water partition coefficient (Wildman–Crippen LogP) is 4.22. The quantitative estimate of drug-likeness (QED) is 0.533. The second kappa shape index (κ2) is 7.69. The average Bonchev–Trinajstić information content (AvgIpc) is 3.42. The number of piperazine rings is 1. The molecule has 1 aliphatic heterocycles. The largest absolute Gasteiger partial charge is 0.451 e. The summed E-state index contributed by atoms with van der Waals surface area (Å²) in [6.45, 7) is 3.63. The average molecular weight is 404 g/mol. The number of rotatable bonds is 4. The van der Waals surface area contributed by atoms with Gasteiger partial charge in [0.25, 0.3) is 5.91 Å².